The van der Waals surface area contributed by atoms with Crippen LogP contribution >= 0.6 is 12.4 Å². The zero-order valence-electron chi connectivity index (χ0n) is 6.55. The summed E-state index contributed by atoms with van der Waals surface area (Å²) in [5, 5.41) is 11.3. The zero-order valence-corrected chi connectivity index (χ0v) is 7.37. The summed E-state index contributed by atoms with van der Waals surface area (Å²) in [6, 6.07) is 2.59. The van der Waals surface area contributed by atoms with Gasteiger partial charge in [0.15, 0.2) is 0 Å². The van der Waals surface area contributed by atoms with Crippen molar-refractivity contribution in [2.45, 2.75) is 32.7 Å². The third-order valence-electron chi connectivity index (χ3n) is 1.46. The number of halogens is 1. The minimum Gasteiger partial charge on any atom is -0.302 e. The maximum Gasteiger partial charge on any atom is 0.0843 e. The number of hydrogen-bond donors (Lipinski definition) is 1. The Morgan fingerprint density at radius 2 is 1.90 bits per heavy atom. The fourth-order valence-corrected chi connectivity index (χ4v) is 0.767. The first-order valence-corrected chi connectivity index (χ1v) is 3.45. The van der Waals surface area contributed by atoms with E-state index in [9.17, 15) is 0 Å². The molecule has 0 saturated carbocycles. The third kappa shape index (κ3) is 5.87. The second-order valence-electron chi connectivity index (χ2n) is 2.05. The van der Waals surface area contributed by atoms with E-state index in [1.165, 1.54) is 0 Å². The van der Waals surface area contributed by atoms with Gasteiger partial charge in [-0.15, -0.1) is 12.4 Å². The van der Waals surface area contributed by atoms with Crippen LogP contribution in [0.5, 0.6) is 0 Å². The van der Waals surface area contributed by atoms with Crippen molar-refractivity contribution in [3.8, 4) is 6.07 Å². The summed E-state index contributed by atoms with van der Waals surface area (Å²) in [4.78, 5) is 0. The lowest BCUT2D eigenvalue weighted by Crippen LogP contribution is -2.27. The Labute approximate surface area is 69.0 Å². The molecule has 0 saturated heterocycles. The van der Waals surface area contributed by atoms with Crippen LogP contribution in [0.4, 0.5) is 0 Å². The van der Waals surface area contributed by atoms with E-state index in [1.54, 1.807) is 0 Å². The molecule has 0 heterocycles. The molecule has 0 spiro atoms. The van der Waals surface area contributed by atoms with E-state index in [0.29, 0.717) is 12.6 Å². The summed E-state index contributed by atoms with van der Waals surface area (Å²) in [7, 11) is 0. The number of nitrogens with zero attached hydrogens (tertiary/aromatic N) is 1. The molecular weight excluding hydrogens is 148 g/mol. The molecule has 0 rings (SSSR count). The molecule has 60 valence electrons. The second kappa shape index (κ2) is 8.74. The number of nitrogens with one attached hydrogen (secondary N) is 1. The number of nitriles is 1. The zero-order chi connectivity index (χ0) is 7.11. The van der Waals surface area contributed by atoms with Gasteiger partial charge in [0, 0.05) is 6.04 Å². The molecule has 0 aliphatic heterocycles. The van der Waals surface area contributed by atoms with E-state index in [2.05, 4.69) is 25.2 Å². The first kappa shape index (κ1) is 12.4. The molecule has 10 heavy (non-hydrogen) atoms. The summed E-state index contributed by atoms with van der Waals surface area (Å²) in [6.45, 7) is 4.73. The van der Waals surface area contributed by atoms with Crippen LogP contribution in [0.15, 0.2) is 0 Å². The van der Waals surface area contributed by atoms with Crippen molar-refractivity contribution in [2.75, 3.05) is 6.54 Å². The molecule has 0 aliphatic rings. The molecule has 2 nitrogen and oxygen atoms in total. The van der Waals surface area contributed by atoms with Crippen molar-refractivity contribution in [1.29, 1.82) is 5.26 Å². The van der Waals surface area contributed by atoms with Crippen LogP contribution in [0.3, 0.4) is 0 Å². The van der Waals surface area contributed by atoms with Crippen LogP contribution in [0.1, 0.15) is 26.7 Å². The van der Waals surface area contributed by atoms with Gasteiger partial charge in [-0.05, 0) is 12.8 Å². The van der Waals surface area contributed by atoms with Crippen LogP contribution in [-0.4, -0.2) is 12.6 Å². The van der Waals surface area contributed by atoms with Crippen molar-refractivity contribution < 1.29 is 0 Å². The van der Waals surface area contributed by atoms with E-state index in [0.717, 1.165) is 12.8 Å². The largest absolute Gasteiger partial charge is 0.302 e. The van der Waals surface area contributed by atoms with Gasteiger partial charge in [-0.2, -0.15) is 5.26 Å². The van der Waals surface area contributed by atoms with Gasteiger partial charge in [0.1, 0.15) is 0 Å². The van der Waals surface area contributed by atoms with Crippen molar-refractivity contribution >= 4 is 12.4 Å². The SMILES string of the molecule is CCC(CC)NCC#N.Cl. The van der Waals surface area contributed by atoms with Crippen molar-refractivity contribution in [1.82, 2.24) is 5.32 Å². The molecule has 0 bridgehead atoms. The predicted molar refractivity (Wildman–Crippen MR) is 45.2 cm³/mol. The topological polar surface area (TPSA) is 35.8 Å². The lowest BCUT2D eigenvalue weighted by molar-refractivity contribution is 0.512. The maximum absolute atomic E-state index is 8.19. The lowest BCUT2D eigenvalue weighted by atomic mass is 10.2. The highest BCUT2D eigenvalue weighted by molar-refractivity contribution is 5.85. The normalized spacial score (nSPS) is 8.60. The van der Waals surface area contributed by atoms with Gasteiger partial charge in [0.05, 0.1) is 12.6 Å². The van der Waals surface area contributed by atoms with Crippen LogP contribution in [0, 0.1) is 11.3 Å². The molecule has 0 aromatic heterocycles. The molecule has 3 heteroatoms. The third-order valence-corrected chi connectivity index (χ3v) is 1.46. The Kier molecular flexibility index (Phi) is 10.9. The van der Waals surface area contributed by atoms with Crippen LogP contribution in [-0.2, 0) is 0 Å². The number of rotatable bonds is 4. The Morgan fingerprint density at radius 1 is 1.40 bits per heavy atom. The monoisotopic (exact) mass is 162 g/mol. The molecule has 0 atom stereocenters. The Morgan fingerprint density at radius 3 is 2.20 bits per heavy atom. The summed E-state index contributed by atoms with van der Waals surface area (Å²) in [5.74, 6) is 0. The smallest absolute Gasteiger partial charge is 0.0843 e. The first-order valence-electron chi connectivity index (χ1n) is 3.45. The number of hydrogen-bond acceptors (Lipinski definition) is 2. The van der Waals surface area contributed by atoms with Crippen molar-refractivity contribution in [2.24, 2.45) is 0 Å². The van der Waals surface area contributed by atoms with Gasteiger partial charge in [-0.25, -0.2) is 0 Å². The standard InChI is InChI=1S/C7H14N2.ClH/c1-3-7(4-2)9-6-5-8;/h7,9H,3-4,6H2,1-2H3;1H. The average molecular weight is 163 g/mol. The highest BCUT2D eigenvalue weighted by Gasteiger charge is 1.98. The van der Waals surface area contributed by atoms with Crippen molar-refractivity contribution in [3.05, 3.63) is 0 Å². The molecule has 0 fully saturated rings. The minimum absolute atomic E-state index is 0. The summed E-state index contributed by atoms with van der Waals surface area (Å²) >= 11 is 0. The summed E-state index contributed by atoms with van der Waals surface area (Å²) in [6.07, 6.45) is 2.22. The van der Waals surface area contributed by atoms with Gasteiger partial charge in [-0.3, -0.25) is 0 Å². The van der Waals surface area contributed by atoms with E-state index < -0.39 is 0 Å². The molecule has 0 aliphatic carbocycles. The maximum atomic E-state index is 8.19. The predicted octanol–water partition coefficient (Wildman–Crippen LogP) is 1.71. The lowest BCUT2D eigenvalue weighted by Gasteiger charge is -2.10. The highest BCUT2D eigenvalue weighted by Crippen LogP contribution is 1.93. The van der Waals surface area contributed by atoms with E-state index >= 15 is 0 Å². The molecule has 0 aromatic carbocycles. The van der Waals surface area contributed by atoms with Gasteiger partial charge in [0.2, 0.25) is 0 Å². The van der Waals surface area contributed by atoms with Gasteiger partial charge < -0.3 is 5.32 Å². The van der Waals surface area contributed by atoms with Crippen LogP contribution < -0.4 is 5.32 Å². The van der Waals surface area contributed by atoms with E-state index in [4.69, 9.17) is 5.26 Å². The van der Waals surface area contributed by atoms with Gasteiger partial charge in [0.25, 0.3) is 0 Å². The average Bonchev–Trinajstić information content (AvgIpc) is 1.91. The quantitative estimate of drug-likeness (QED) is 0.639. The van der Waals surface area contributed by atoms with Crippen molar-refractivity contribution in [3.63, 3.8) is 0 Å². The highest BCUT2D eigenvalue weighted by atomic mass is 35.5. The minimum atomic E-state index is 0. The fraction of sp³-hybridized carbons (Fsp3) is 0.857. The summed E-state index contributed by atoms with van der Waals surface area (Å²) in [5.41, 5.74) is 0. The van der Waals surface area contributed by atoms with Crippen LogP contribution in [0.2, 0.25) is 0 Å². The van der Waals surface area contributed by atoms with E-state index in [1.807, 2.05) is 0 Å². The molecule has 0 amide bonds. The Balaban J connectivity index is 0. The molecule has 0 aromatic rings. The molecule has 0 unspecified atom stereocenters. The van der Waals surface area contributed by atoms with Gasteiger partial charge >= 0.3 is 0 Å². The fourth-order valence-electron chi connectivity index (χ4n) is 0.767. The Bertz CT molecular complexity index is 94.3. The molecule has 1 N–H and O–H groups in total. The van der Waals surface area contributed by atoms with E-state index in [-0.39, 0.29) is 12.4 Å². The first-order chi connectivity index (χ1) is 4.35. The Hall–Kier alpha value is -0.260. The van der Waals surface area contributed by atoms with Gasteiger partial charge in [-0.1, -0.05) is 13.8 Å². The van der Waals surface area contributed by atoms with Crippen LogP contribution in [0.25, 0.3) is 0 Å². The second-order valence-corrected chi connectivity index (χ2v) is 2.05. The molecule has 0 radical (unpaired) electrons. The summed E-state index contributed by atoms with van der Waals surface area (Å²) < 4.78 is 0. The molecular formula is C7H15ClN2.